The fourth-order valence-electron chi connectivity index (χ4n) is 4.58. The van der Waals surface area contributed by atoms with Crippen LogP contribution in [0.5, 0.6) is 0 Å². The van der Waals surface area contributed by atoms with E-state index >= 15 is 0 Å². The Morgan fingerprint density at radius 2 is 1.89 bits per heavy atom. The lowest BCUT2D eigenvalue weighted by molar-refractivity contribution is 0.328. The minimum Gasteiger partial charge on any atom is -0.351 e. The molecule has 0 unspecified atom stereocenters. The van der Waals surface area contributed by atoms with Crippen LogP contribution in [0.3, 0.4) is 0 Å². The summed E-state index contributed by atoms with van der Waals surface area (Å²) in [6.07, 6.45) is 7.97. The second kappa shape index (κ2) is 10.8. The molecule has 12 heteroatoms. The summed E-state index contributed by atoms with van der Waals surface area (Å²) in [6.45, 7) is 15.4. The minimum absolute atomic E-state index is 0.0624. The van der Waals surface area contributed by atoms with Crippen LogP contribution in [0.15, 0.2) is 30.7 Å². The normalized spacial score (nSPS) is 17.0. The molecule has 2 fully saturated rings. The smallest absolute Gasteiger partial charge is 0.231 e. The lowest BCUT2D eigenvalue weighted by Gasteiger charge is -2.31. The van der Waals surface area contributed by atoms with Crippen LogP contribution in [-0.2, 0) is 16.6 Å². The standard InChI is InChI=1S/C26H33N9O2S/c1-17(2)28-14-21-5-8-24(18(3)31-21)35-16-19(13-30-35)25-23(27-4)15-29-26(33-25)32-20-9-11-34(12-10-20)38(36,37)22-6-7-22/h5,8,13,15-17,20,22,28H,6-7,9-12,14H2,1-3H3,(H,29,32,33). The van der Waals surface area contributed by atoms with Gasteiger partial charge in [0.05, 0.1) is 40.8 Å². The third-order valence-electron chi connectivity index (χ3n) is 6.89. The Morgan fingerprint density at radius 3 is 2.55 bits per heavy atom. The Bertz CT molecular complexity index is 1450. The molecular weight excluding hydrogens is 502 g/mol. The van der Waals surface area contributed by atoms with Crippen molar-refractivity contribution in [2.75, 3.05) is 18.4 Å². The maximum atomic E-state index is 12.5. The maximum Gasteiger partial charge on any atom is 0.231 e. The second-order valence-electron chi connectivity index (χ2n) is 10.2. The van der Waals surface area contributed by atoms with Gasteiger partial charge in [-0.25, -0.2) is 32.2 Å². The Hall–Kier alpha value is -3.40. The van der Waals surface area contributed by atoms with Gasteiger partial charge in [0, 0.05) is 49.7 Å². The Morgan fingerprint density at radius 1 is 1.13 bits per heavy atom. The summed E-state index contributed by atoms with van der Waals surface area (Å²) >= 11 is 0. The molecule has 4 heterocycles. The maximum absolute atomic E-state index is 12.5. The molecule has 1 aliphatic carbocycles. The van der Waals surface area contributed by atoms with E-state index in [2.05, 4.69) is 44.4 Å². The van der Waals surface area contributed by atoms with Gasteiger partial charge in [0.25, 0.3) is 0 Å². The second-order valence-corrected chi connectivity index (χ2v) is 12.4. The van der Waals surface area contributed by atoms with Crippen molar-refractivity contribution >= 4 is 21.7 Å². The first-order valence-electron chi connectivity index (χ1n) is 13.0. The molecule has 0 amide bonds. The van der Waals surface area contributed by atoms with Crippen LogP contribution in [-0.4, -0.2) is 67.9 Å². The fraction of sp³-hybridized carbons (Fsp3) is 0.500. The van der Waals surface area contributed by atoms with Crippen molar-refractivity contribution in [1.82, 2.24) is 34.4 Å². The van der Waals surface area contributed by atoms with Gasteiger partial charge in [0.1, 0.15) is 0 Å². The molecule has 0 atom stereocenters. The van der Waals surface area contributed by atoms with Gasteiger partial charge >= 0.3 is 0 Å². The number of aromatic nitrogens is 5. The summed E-state index contributed by atoms with van der Waals surface area (Å²) in [7, 11) is -3.15. The van der Waals surface area contributed by atoms with E-state index in [1.165, 1.54) is 6.20 Å². The molecule has 3 aromatic heterocycles. The monoisotopic (exact) mass is 535 g/mol. The zero-order valence-corrected chi connectivity index (χ0v) is 22.7. The number of piperidine rings is 1. The molecule has 1 saturated carbocycles. The number of pyridine rings is 1. The van der Waals surface area contributed by atoms with Crippen molar-refractivity contribution in [1.29, 1.82) is 0 Å². The van der Waals surface area contributed by atoms with E-state index in [0.717, 1.165) is 29.9 Å². The van der Waals surface area contributed by atoms with Crippen LogP contribution in [0.25, 0.3) is 21.8 Å². The highest BCUT2D eigenvalue weighted by molar-refractivity contribution is 7.90. The molecule has 0 radical (unpaired) electrons. The van der Waals surface area contributed by atoms with Crippen LogP contribution in [0.2, 0.25) is 0 Å². The molecular formula is C26H33N9O2S. The molecule has 11 nitrogen and oxygen atoms in total. The summed E-state index contributed by atoms with van der Waals surface area (Å²) in [5.41, 5.74) is 4.22. The third-order valence-corrected chi connectivity index (χ3v) is 9.29. The van der Waals surface area contributed by atoms with Crippen LogP contribution in [0, 0.1) is 13.5 Å². The highest BCUT2D eigenvalue weighted by Crippen LogP contribution is 2.33. The van der Waals surface area contributed by atoms with Crippen LogP contribution >= 0.6 is 0 Å². The van der Waals surface area contributed by atoms with Crippen molar-refractivity contribution in [3.63, 3.8) is 0 Å². The van der Waals surface area contributed by atoms with E-state index in [1.807, 2.05) is 25.3 Å². The van der Waals surface area contributed by atoms with Crippen molar-refractivity contribution in [2.45, 2.75) is 70.3 Å². The van der Waals surface area contributed by atoms with Gasteiger partial charge in [-0.1, -0.05) is 13.8 Å². The molecule has 1 saturated heterocycles. The number of aryl methyl sites for hydroxylation is 1. The van der Waals surface area contributed by atoms with Crippen molar-refractivity contribution in [3.8, 4) is 16.9 Å². The number of hydrogen-bond acceptors (Lipinski definition) is 8. The summed E-state index contributed by atoms with van der Waals surface area (Å²) in [6, 6.07) is 4.42. The SMILES string of the molecule is [C-]#[N+]c1cnc(NC2CCN(S(=O)(=O)C3CC3)CC2)nc1-c1cnn(-c2ccc(CNC(C)C)nc2C)c1. The van der Waals surface area contributed by atoms with Gasteiger partial charge < -0.3 is 10.6 Å². The molecule has 1 aliphatic heterocycles. The van der Waals surface area contributed by atoms with Gasteiger partial charge in [-0.2, -0.15) is 5.10 Å². The van der Waals surface area contributed by atoms with Gasteiger partial charge in [-0.05, 0) is 44.7 Å². The largest absolute Gasteiger partial charge is 0.351 e. The highest BCUT2D eigenvalue weighted by atomic mass is 32.2. The first kappa shape index (κ1) is 26.2. The van der Waals surface area contributed by atoms with E-state index in [4.69, 9.17) is 11.6 Å². The topological polar surface area (TPSA) is 122 Å². The lowest BCUT2D eigenvalue weighted by Crippen LogP contribution is -2.43. The average molecular weight is 536 g/mol. The molecule has 0 bridgehead atoms. The first-order valence-corrected chi connectivity index (χ1v) is 14.5. The van der Waals surface area contributed by atoms with Crippen LogP contribution < -0.4 is 10.6 Å². The predicted octanol–water partition coefficient (Wildman–Crippen LogP) is 3.45. The van der Waals surface area contributed by atoms with Crippen molar-refractivity contribution in [3.05, 3.63) is 53.5 Å². The number of nitrogens with zero attached hydrogens (tertiary/aromatic N) is 7. The molecule has 2 aliphatic rings. The van der Waals surface area contributed by atoms with E-state index in [-0.39, 0.29) is 11.3 Å². The molecule has 0 aromatic carbocycles. The molecule has 5 rings (SSSR count). The molecule has 3 aromatic rings. The number of sulfonamides is 1. The Kier molecular flexibility index (Phi) is 7.43. The summed E-state index contributed by atoms with van der Waals surface area (Å²) in [4.78, 5) is 17.3. The average Bonchev–Trinajstić information content (AvgIpc) is 3.66. The van der Waals surface area contributed by atoms with Crippen LogP contribution in [0.4, 0.5) is 11.6 Å². The zero-order valence-electron chi connectivity index (χ0n) is 21.9. The van der Waals surface area contributed by atoms with E-state index in [1.54, 1.807) is 15.2 Å². The summed E-state index contributed by atoms with van der Waals surface area (Å²) < 4.78 is 28.4. The molecule has 0 spiro atoms. The quantitative estimate of drug-likeness (QED) is 0.400. The molecule has 38 heavy (non-hydrogen) atoms. The third kappa shape index (κ3) is 5.70. The van der Waals surface area contributed by atoms with E-state index in [9.17, 15) is 8.42 Å². The van der Waals surface area contributed by atoms with Gasteiger partial charge in [-0.3, -0.25) is 4.98 Å². The van der Waals surface area contributed by atoms with E-state index in [0.29, 0.717) is 61.4 Å². The van der Waals surface area contributed by atoms with Crippen LogP contribution in [0.1, 0.15) is 50.9 Å². The summed E-state index contributed by atoms with van der Waals surface area (Å²) in [5, 5.41) is 11.0. The van der Waals surface area contributed by atoms with Crippen molar-refractivity contribution in [2.24, 2.45) is 0 Å². The molecule has 200 valence electrons. The van der Waals surface area contributed by atoms with E-state index < -0.39 is 10.0 Å². The lowest BCUT2D eigenvalue weighted by atomic mass is 10.1. The Balaban J connectivity index is 1.30. The van der Waals surface area contributed by atoms with Gasteiger partial charge in [-0.15, -0.1) is 0 Å². The number of nitrogens with one attached hydrogen (secondary N) is 2. The van der Waals surface area contributed by atoms with Gasteiger partial charge in [0.2, 0.25) is 21.7 Å². The molecule has 2 N–H and O–H groups in total. The zero-order chi connectivity index (χ0) is 26.9. The highest BCUT2D eigenvalue weighted by Gasteiger charge is 2.41. The predicted molar refractivity (Wildman–Crippen MR) is 146 cm³/mol. The minimum atomic E-state index is -3.15. The number of rotatable bonds is 9. The van der Waals surface area contributed by atoms with Crippen molar-refractivity contribution < 1.29 is 8.42 Å². The fourth-order valence-corrected chi connectivity index (χ4v) is 6.46. The van der Waals surface area contributed by atoms with Gasteiger partial charge in [0.15, 0.2) is 0 Å². The first-order chi connectivity index (χ1) is 18.2. The summed E-state index contributed by atoms with van der Waals surface area (Å²) in [5.74, 6) is 0.420. The number of anilines is 1. The Labute approximate surface area is 223 Å². The number of hydrogen-bond donors (Lipinski definition) is 2.